The highest BCUT2D eigenvalue weighted by atomic mass is 16.4. The second kappa shape index (κ2) is 12.8. The van der Waals surface area contributed by atoms with Crippen molar-refractivity contribution in [3.63, 3.8) is 0 Å². The molecule has 216 valence electrons. The summed E-state index contributed by atoms with van der Waals surface area (Å²) in [6.07, 6.45) is 8.35. The number of nitrogens with zero attached hydrogens (tertiary/aromatic N) is 4. The molecule has 39 heavy (non-hydrogen) atoms. The molecule has 2 saturated carbocycles. The Hall–Kier alpha value is -3.15. The highest BCUT2D eigenvalue weighted by Crippen LogP contribution is 2.35. The number of hydrogen-bond donors (Lipinski definition) is 6. The highest BCUT2D eigenvalue weighted by molar-refractivity contribution is 6.02. The fraction of sp³-hybridized carbons (Fsp3) is 0.741. The number of piperazine rings is 1. The molecule has 12 nitrogen and oxygen atoms in total. The molecule has 1 aromatic heterocycles. The van der Waals surface area contributed by atoms with Crippen LogP contribution in [-0.4, -0.2) is 80.6 Å². The lowest BCUT2D eigenvalue weighted by Gasteiger charge is -2.44. The fourth-order valence-electron chi connectivity index (χ4n) is 5.86. The van der Waals surface area contributed by atoms with Crippen molar-refractivity contribution in [3.8, 4) is 0 Å². The first kappa shape index (κ1) is 28.8. The summed E-state index contributed by atoms with van der Waals surface area (Å²) in [7, 11) is 0. The van der Waals surface area contributed by atoms with Crippen LogP contribution in [0.5, 0.6) is 0 Å². The Bertz CT molecular complexity index is 1040. The number of carbonyl (C=O) groups excluding carboxylic acids is 1. The zero-order valence-electron chi connectivity index (χ0n) is 23.7. The van der Waals surface area contributed by atoms with Gasteiger partial charge in [-0.2, -0.15) is 0 Å². The van der Waals surface area contributed by atoms with Gasteiger partial charge in [0, 0.05) is 44.7 Å². The van der Waals surface area contributed by atoms with Gasteiger partial charge < -0.3 is 26.1 Å². The van der Waals surface area contributed by atoms with Crippen molar-refractivity contribution >= 4 is 35.2 Å². The number of aromatic nitrogens is 2. The third-order valence-corrected chi connectivity index (χ3v) is 8.52. The van der Waals surface area contributed by atoms with E-state index >= 15 is 0 Å². The molecule has 1 aromatic rings. The first-order valence-corrected chi connectivity index (χ1v) is 14.4. The molecule has 12 heteroatoms. The monoisotopic (exact) mass is 543 g/mol. The van der Waals surface area contributed by atoms with Gasteiger partial charge in [0.05, 0.1) is 0 Å². The van der Waals surface area contributed by atoms with Crippen molar-refractivity contribution in [2.75, 3.05) is 35.7 Å². The zero-order chi connectivity index (χ0) is 28.1. The molecule has 0 radical (unpaired) electrons. The van der Waals surface area contributed by atoms with Gasteiger partial charge in [0.2, 0.25) is 5.91 Å². The minimum Gasteiger partial charge on any atom is -0.465 e. The molecule has 1 aliphatic heterocycles. The van der Waals surface area contributed by atoms with Crippen LogP contribution in [-0.2, 0) is 4.79 Å². The van der Waals surface area contributed by atoms with Gasteiger partial charge in [0.1, 0.15) is 5.69 Å². The summed E-state index contributed by atoms with van der Waals surface area (Å²) in [5, 5.41) is 28.9. The van der Waals surface area contributed by atoms with Crippen LogP contribution in [0.25, 0.3) is 0 Å². The Labute approximate surface area is 231 Å². The van der Waals surface area contributed by atoms with Gasteiger partial charge >= 0.3 is 6.09 Å². The number of amidine groups is 1. The second-order valence-corrected chi connectivity index (χ2v) is 11.6. The first-order valence-electron chi connectivity index (χ1n) is 14.4. The van der Waals surface area contributed by atoms with Gasteiger partial charge in [-0.25, -0.2) is 19.8 Å². The number of carbonyl (C=O) groups is 2. The summed E-state index contributed by atoms with van der Waals surface area (Å²) in [4.78, 5) is 34.6. The lowest BCUT2D eigenvalue weighted by molar-refractivity contribution is -0.134. The standard InChI is InChI=1S/C27H45N9O3/c1-16-15-36(17(2)14-35(16)19(4)37)34-25-22(29-13-20-9-6-5-7-10-20)24(30-18(3)21-11-8-12-21)32-26(33-25)23(28)31-27(38)39/h16-18,20-21,29H,5-15H2,1-4H3,(H2,28,31)(H,38,39)(H2,30,32,33,34)/t16-,17+,18+/m0/s1. The third-order valence-electron chi connectivity index (χ3n) is 8.52. The molecule has 2 heterocycles. The van der Waals surface area contributed by atoms with Gasteiger partial charge in [-0.15, -0.1) is 0 Å². The van der Waals surface area contributed by atoms with Crippen molar-refractivity contribution in [1.82, 2.24) is 25.2 Å². The first-order chi connectivity index (χ1) is 18.6. The van der Waals surface area contributed by atoms with E-state index in [4.69, 9.17) is 5.41 Å². The summed E-state index contributed by atoms with van der Waals surface area (Å²) < 4.78 is 0. The second-order valence-electron chi connectivity index (χ2n) is 11.6. The minimum atomic E-state index is -1.34. The Morgan fingerprint density at radius 1 is 1.03 bits per heavy atom. The quantitative estimate of drug-likeness (QED) is 0.200. The molecule has 0 aromatic carbocycles. The molecule has 4 rings (SSSR count). The summed E-state index contributed by atoms with van der Waals surface area (Å²) in [6.45, 7) is 9.78. The SMILES string of the molecule is CC(=O)N1C[C@@H](C)N(Nc2nc(C(=N)NC(=O)O)nc(N[C@H](C)C3CCC3)c2NCC2CCCCC2)C[C@@H]1C. The lowest BCUT2D eigenvalue weighted by Crippen LogP contribution is -2.59. The van der Waals surface area contributed by atoms with Crippen molar-refractivity contribution in [3.05, 3.63) is 5.82 Å². The highest BCUT2D eigenvalue weighted by Gasteiger charge is 2.32. The molecule has 3 aliphatic rings. The maximum absolute atomic E-state index is 12.1. The van der Waals surface area contributed by atoms with Crippen LogP contribution in [0, 0.1) is 17.2 Å². The largest absolute Gasteiger partial charge is 0.465 e. The van der Waals surface area contributed by atoms with Crippen LogP contribution >= 0.6 is 0 Å². The van der Waals surface area contributed by atoms with Gasteiger partial charge in [-0.3, -0.25) is 15.5 Å². The number of anilines is 3. The van der Waals surface area contributed by atoms with Crippen LogP contribution in [0.2, 0.25) is 0 Å². The number of hydrogen-bond acceptors (Lipinski definition) is 9. The average molecular weight is 544 g/mol. The predicted octanol–water partition coefficient (Wildman–Crippen LogP) is 3.93. The Balaban J connectivity index is 1.67. The Morgan fingerprint density at radius 3 is 2.33 bits per heavy atom. The molecule has 6 N–H and O–H groups in total. The molecular formula is C27H45N9O3. The van der Waals surface area contributed by atoms with Crippen molar-refractivity contribution < 1.29 is 14.7 Å². The maximum atomic E-state index is 12.1. The van der Waals surface area contributed by atoms with E-state index in [9.17, 15) is 14.7 Å². The average Bonchev–Trinajstić information content (AvgIpc) is 2.84. The van der Waals surface area contributed by atoms with Gasteiger partial charge in [-0.05, 0) is 58.3 Å². The smallest absolute Gasteiger partial charge is 0.410 e. The Kier molecular flexibility index (Phi) is 9.47. The van der Waals surface area contributed by atoms with E-state index in [1.54, 1.807) is 6.92 Å². The molecule has 2 aliphatic carbocycles. The van der Waals surface area contributed by atoms with E-state index in [1.165, 1.54) is 38.5 Å². The molecule has 3 atom stereocenters. The molecule has 0 unspecified atom stereocenters. The van der Waals surface area contributed by atoms with Crippen LogP contribution in [0.3, 0.4) is 0 Å². The Morgan fingerprint density at radius 2 is 1.72 bits per heavy atom. The van der Waals surface area contributed by atoms with Crippen LogP contribution in [0.1, 0.15) is 84.9 Å². The fourth-order valence-corrected chi connectivity index (χ4v) is 5.86. The summed E-state index contributed by atoms with van der Waals surface area (Å²) >= 11 is 0. The molecule has 0 spiro atoms. The number of nitrogens with one attached hydrogen (secondary N) is 5. The van der Waals surface area contributed by atoms with E-state index in [0.29, 0.717) is 36.6 Å². The van der Waals surface area contributed by atoms with Crippen LogP contribution in [0.15, 0.2) is 0 Å². The van der Waals surface area contributed by atoms with Crippen molar-refractivity contribution in [2.45, 2.75) is 97.2 Å². The van der Waals surface area contributed by atoms with Gasteiger partial charge in [0.25, 0.3) is 0 Å². The lowest BCUT2D eigenvalue weighted by atomic mass is 9.80. The van der Waals surface area contributed by atoms with E-state index in [0.717, 1.165) is 25.1 Å². The summed E-state index contributed by atoms with van der Waals surface area (Å²) in [5.41, 5.74) is 4.20. The predicted molar refractivity (Wildman–Crippen MR) is 152 cm³/mol. The zero-order valence-corrected chi connectivity index (χ0v) is 23.7. The number of hydrazine groups is 1. The van der Waals surface area contributed by atoms with E-state index in [-0.39, 0.29) is 35.7 Å². The van der Waals surface area contributed by atoms with E-state index in [1.807, 2.05) is 11.8 Å². The van der Waals surface area contributed by atoms with Gasteiger partial charge in [0.15, 0.2) is 23.3 Å². The molecule has 3 fully saturated rings. The summed E-state index contributed by atoms with van der Waals surface area (Å²) in [6, 6.07) is 0.190. The minimum absolute atomic E-state index is 0.00509. The van der Waals surface area contributed by atoms with E-state index < -0.39 is 6.09 Å². The normalized spacial score (nSPS) is 23.4. The number of amides is 2. The molecule has 2 amide bonds. The molecule has 1 saturated heterocycles. The number of rotatable bonds is 9. The topological polar surface area (TPSA) is 159 Å². The molecular weight excluding hydrogens is 498 g/mol. The van der Waals surface area contributed by atoms with Gasteiger partial charge in [-0.1, -0.05) is 25.7 Å². The van der Waals surface area contributed by atoms with Crippen LogP contribution in [0.4, 0.5) is 22.1 Å². The maximum Gasteiger partial charge on any atom is 0.410 e. The number of carboxylic acid groups (broad SMARTS) is 1. The molecule has 0 bridgehead atoms. The summed E-state index contributed by atoms with van der Waals surface area (Å²) in [5.74, 6) is 1.83. The van der Waals surface area contributed by atoms with Crippen LogP contribution < -0.4 is 21.4 Å². The third kappa shape index (κ3) is 7.28. The van der Waals surface area contributed by atoms with Crippen molar-refractivity contribution in [1.29, 1.82) is 5.41 Å². The van der Waals surface area contributed by atoms with E-state index in [2.05, 4.69) is 50.2 Å². The van der Waals surface area contributed by atoms with Crippen molar-refractivity contribution in [2.24, 2.45) is 11.8 Å².